The number of aromatic nitrogens is 1. The fraction of sp³-hybridized carbons (Fsp3) is 0.304. The van der Waals surface area contributed by atoms with E-state index in [0.29, 0.717) is 25.2 Å². The molecule has 1 aliphatic rings. The van der Waals surface area contributed by atoms with Gasteiger partial charge in [0, 0.05) is 55.9 Å². The van der Waals surface area contributed by atoms with Crippen LogP contribution in [0.25, 0.3) is 10.9 Å². The summed E-state index contributed by atoms with van der Waals surface area (Å²) in [6.07, 6.45) is 0. The van der Waals surface area contributed by atoms with E-state index in [1.807, 2.05) is 49.1 Å². The summed E-state index contributed by atoms with van der Waals surface area (Å²) >= 11 is 0. The van der Waals surface area contributed by atoms with Crippen LogP contribution in [0.3, 0.4) is 0 Å². The highest BCUT2D eigenvalue weighted by Gasteiger charge is 2.24. The van der Waals surface area contributed by atoms with Gasteiger partial charge in [0.25, 0.3) is 11.6 Å². The molecule has 2 aromatic carbocycles. The number of nitro groups is 1. The van der Waals surface area contributed by atoms with E-state index in [-0.39, 0.29) is 16.5 Å². The largest absolute Gasteiger partial charge is 0.336 e. The number of piperazine rings is 1. The minimum Gasteiger partial charge on any atom is -0.336 e. The topological polar surface area (TPSA) is 79.6 Å². The molecule has 0 bridgehead atoms. The minimum absolute atomic E-state index is 0.0334. The molecular weight excluding hydrogens is 380 g/mol. The highest BCUT2D eigenvalue weighted by atomic mass is 16.6. The van der Waals surface area contributed by atoms with Gasteiger partial charge < -0.3 is 4.90 Å². The maximum Gasteiger partial charge on any atom is 0.269 e. The number of hydrogen-bond acceptors (Lipinski definition) is 5. The predicted octanol–water partition coefficient (Wildman–Crippen LogP) is 3.72. The Balaban J connectivity index is 1.46. The quantitative estimate of drug-likeness (QED) is 0.489. The van der Waals surface area contributed by atoms with E-state index < -0.39 is 0 Å². The SMILES string of the molecule is Cc1ccc2nc(C)cc(C(=O)N3CCN(Cc4cccc([N+](=O)[O-])c4)CC3)c2c1. The molecule has 1 fully saturated rings. The summed E-state index contributed by atoms with van der Waals surface area (Å²) in [5.74, 6) is 0.0334. The number of aryl methyl sites for hydroxylation is 2. The number of hydrogen-bond donors (Lipinski definition) is 0. The molecule has 0 spiro atoms. The highest BCUT2D eigenvalue weighted by molar-refractivity contribution is 6.06. The number of fused-ring (bicyclic) bond motifs is 1. The van der Waals surface area contributed by atoms with Gasteiger partial charge in [-0.25, -0.2) is 0 Å². The van der Waals surface area contributed by atoms with Gasteiger partial charge in [-0.15, -0.1) is 0 Å². The van der Waals surface area contributed by atoms with Gasteiger partial charge in [0.15, 0.2) is 0 Å². The average Bonchev–Trinajstić information content (AvgIpc) is 2.74. The van der Waals surface area contributed by atoms with E-state index >= 15 is 0 Å². The molecule has 2 heterocycles. The van der Waals surface area contributed by atoms with Gasteiger partial charge in [0.1, 0.15) is 0 Å². The van der Waals surface area contributed by atoms with Crippen molar-refractivity contribution in [3.63, 3.8) is 0 Å². The van der Waals surface area contributed by atoms with E-state index in [0.717, 1.165) is 40.8 Å². The third kappa shape index (κ3) is 4.16. The van der Waals surface area contributed by atoms with Crippen molar-refractivity contribution in [2.75, 3.05) is 26.2 Å². The van der Waals surface area contributed by atoms with Gasteiger partial charge >= 0.3 is 0 Å². The Morgan fingerprint density at radius 3 is 2.57 bits per heavy atom. The van der Waals surface area contributed by atoms with Gasteiger partial charge in [-0.05, 0) is 37.6 Å². The van der Waals surface area contributed by atoms with Crippen molar-refractivity contribution in [3.8, 4) is 0 Å². The van der Waals surface area contributed by atoms with Crippen LogP contribution < -0.4 is 0 Å². The van der Waals surface area contributed by atoms with Gasteiger partial charge in [-0.3, -0.25) is 24.8 Å². The van der Waals surface area contributed by atoms with Crippen LogP contribution >= 0.6 is 0 Å². The number of carbonyl (C=O) groups is 1. The molecule has 0 saturated carbocycles. The van der Waals surface area contributed by atoms with Crippen LogP contribution in [-0.2, 0) is 6.54 Å². The monoisotopic (exact) mass is 404 g/mol. The number of non-ortho nitro benzene ring substituents is 1. The molecular formula is C23H24N4O3. The molecule has 1 saturated heterocycles. The van der Waals surface area contributed by atoms with Crippen LogP contribution in [0.2, 0.25) is 0 Å². The van der Waals surface area contributed by atoms with Crippen molar-refractivity contribution in [2.24, 2.45) is 0 Å². The lowest BCUT2D eigenvalue weighted by Gasteiger charge is -2.35. The number of nitro benzene ring substituents is 1. The fourth-order valence-corrected chi connectivity index (χ4v) is 3.95. The summed E-state index contributed by atoms with van der Waals surface area (Å²) in [4.78, 5) is 32.5. The third-order valence-electron chi connectivity index (χ3n) is 5.51. The van der Waals surface area contributed by atoms with Crippen molar-refractivity contribution in [2.45, 2.75) is 20.4 Å². The normalized spacial score (nSPS) is 14.8. The first-order valence-electron chi connectivity index (χ1n) is 10.0. The van der Waals surface area contributed by atoms with Crippen LogP contribution in [0.4, 0.5) is 5.69 Å². The Kier molecular flexibility index (Phi) is 5.46. The molecule has 7 heteroatoms. The van der Waals surface area contributed by atoms with Crippen molar-refractivity contribution in [3.05, 3.63) is 81.0 Å². The molecule has 7 nitrogen and oxygen atoms in total. The zero-order valence-corrected chi connectivity index (χ0v) is 17.2. The first-order chi connectivity index (χ1) is 14.4. The number of pyridine rings is 1. The standard InChI is InChI=1S/C23H24N4O3/c1-16-6-7-22-20(12-16)21(13-17(2)24-22)23(28)26-10-8-25(9-11-26)15-18-4-3-5-19(14-18)27(29)30/h3-7,12-14H,8-11,15H2,1-2H3. The fourth-order valence-electron chi connectivity index (χ4n) is 3.95. The minimum atomic E-state index is -0.372. The maximum atomic E-state index is 13.3. The Bertz CT molecular complexity index is 1120. The molecule has 0 aliphatic carbocycles. The van der Waals surface area contributed by atoms with E-state index in [1.165, 1.54) is 6.07 Å². The summed E-state index contributed by atoms with van der Waals surface area (Å²) in [6.45, 7) is 7.28. The molecule has 4 rings (SSSR count). The molecule has 154 valence electrons. The molecule has 1 amide bonds. The smallest absolute Gasteiger partial charge is 0.269 e. The number of rotatable bonds is 4. The molecule has 0 unspecified atom stereocenters. The highest BCUT2D eigenvalue weighted by Crippen LogP contribution is 2.22. The van der Waals surface area contributed by atoms with Gasteiger partial charge in [0.05, 0.1) is 16.0 Å². The first kappa shape index (κ1) is 20.0. The van der Waals surface area contributed by atoms with Gasteiger partial charge in [-0.2, -0.15) is 0 Å². The maximum absolute atomic E-state index is 13.3. The lowest BCUT2D eigenvalue weighted by Crippen LogP contribution is -2.48. The van der Waals surface area contributed by atoms with Crippen LogP contribution in [0, 0.1) is 24.0 Å². The number of carbonyl (C=O) groups excluding carboxylic acids is 1. The Hall–Kier alpha value is -3.32. The number of amides is 1. The van der Waals surface area contributed by atoms with Crippen LogP contribution in [0.5, 0.6) is 0 Å². The van der Waals surface area contributed by atoms with E-state index in [4.69, 9.17) is 0 Å². The van der Waals surface area contributed by atoms with E-state index in [2.05, 4.69) is 9.88 Å². The first-order valence-corrected chi connectivity index (χ1v) is 10.0. The predicted molar refractivity (Wildman–Crippen MR) is 115 cm³/mol. The summed E-state index contributed by atoms with van der Waals surface area (Å²) < 4.78 is 0. The van der Waals surface area contributed by atoms with Crippen molar-refractivity contribution >= 4 is 22.5 Å². The molecule has 0 N–H and O–H groups in total. The van der Waals surface area contributed by atoms with Crippen LogP contribution in [-0.4, -0.2) is 51.8 Å². The zero-order chi connectivity index (χ0) is 21.3. The molecule has 1 aliphatic heterocycles. The van der Waals surface area contributed by atoms with Crippen molar-refractivity contribution < 1.29 is 9.72 Å². The van der Waals surface area contributed by atoms with Crippen LogP contribution in [0.15, 0.2) is 48.5 Å². The van der Waals surface area contributed by atoms with E-state index in [9.17, 15) is 14.9 Å². The summed E-state index contributed by atoms with van der Waals surface area (Å²) in [7, 11) is 0. The Morgan fingerprint density at radius 2 is 1.83 bits per heavy atom. The van der Waals surface area contributed by atoms with Crippen molar-refractivity contribution in [1.29, 1.82) is 0 Å². The number of nitrogens with zero attached hydrogens (tertiary/aromatic N) is 4. The van der Waals surface area contributed by atoms with Gasteiger partial charge in [0.2, 0.25) is 0 Å². The van der Waals surface area contributed by atoms with Gasteiger partial charge in [-0.1, -0.05) is 23.8 Å². The summed E-state index contributed by atoms with van der Waals surface area (Å²) in [6, 6.07) is 14.6. The second-order valence-corrected chi connectivity index (χ2v) is 7.83. The third-order valence-corrected chi connectivity index (χ3v) is 5.51. The van der Waals surface area contributed by atoms with Crippen LogP contribution in [0.1, 0.15) is 27.2 Å². The molecule has 30 heavy (non-hydrogen) atoms. The summed E-state index contributed by atoms with van der Waals surface area (Å²) in [5, 5.41) is 11.9. The number of benzene rings is 2. The molecule has 0 atom stereocenters. The average molecular weight is 404 g/mol. The van der Waals surface area contributed by atoms with E-state index in [1.54, 1.807) is 12.1 Å². The second-order valence-electron chi connectivity index (χ2n) is 7.83. The summed E-state index contributed by atoms with van der Waals surface area (Å²) in [5.41, 5.74) is 4.50. The lowest BCUT2D eigenvalue weighted by molar-refractivity contribution is -0.384. The molecule has 0 radical (unpaired) electrons. The molecule has 3 aromatic rings. The Labute approximate surface area is 175 Å². The molecule has 1 aromatic heterocycles. The second kappa shape index (κ2) is 8.20. The van der Waals surface area contributed by atoms with Crippen molar-refractivity contribution in [1.82, 2.24) is 14.8 Å². The Morgan fingerprint density at radius 1 is 1.07 bits per heavy atom. The lowest BCUT2D eigenvalue weighted by atomic mass is 10.0. The zero-order valence-electron chi connectivity index (χ0n) is 17.2.